The Balaban J connectivity index is 0.00000196. The third kappa shape index (κ3) is 8.39. The van der Waals surface area contributed by atoms with Gasteiger partial charge < -0.3 is 10.6 Å². The molecule has 0 unspecified atom stereocenters. The maximum atomic E-state index is 12.2. The summed E-state index contributed by atoms with van der Waals surface area (Å²) in [6, 6.07) is 8.36. The summed E-state index contributed by atoms with van der Waals surface area (Å²) >= 11 is 1.59. The number of hydrogen-bond acceptors (Lipinski definition) is 5. The van der Waals surface area contributed by atoms with Crippen LogP contribution in [0.15, 0.2) is 35.7 Å². The Labute approximate surface area is 183 Å². The summed E-state index contributed by atoms with van der Waals surface area (Å²) in [6.45, 7) is 1.50. The highest BCUT2D eigenvalue weighted by atomic mass is 35.5. The van der Waals surface area contributed by atoms with E-state index in [0.29, 0.717) is 18.2 Å². The normalized spacial score (nSPS) is 14.4. The molecule has 6 nitrogen and oxygen atoms in total. The number of carbonyl (C=O) groups excluding carboxylic acids is 1. The van der Waals surface area contributed by atoms with E-state index in [9.17, 15) is 4.79 Å². The van der Waals surface area contributed by atoms with Crippen LogP contribution in [-0.4, -0.2) is 40.2 Å². The smallest absolute Gasteiger partial charge is 0.251 e. The fourth-order valence-electron chi connectivity index (χ4n) is 3.21. The van der Waals surface area contributed by atoms with Crippen molar-refractivity contribution in [3.63, 3.8) is 0 Å². The molecule has 0 aliphatic heterocycles. The number of hydrogen-bond donors (Lipinski definition) is 3. The van der Waals surface area contributed by atoms with Gasteiger partial charge in [-0.15, -0.1) is 24.8 Å². The Morgan fingerprint density at radius 1 is 1.07 bits per heavy atom. The number of nitrogens with one attached hydrogen (secondary N) is 3. The lowest BCUT2D eigenvalue weighted by molar-refractivity contribution is 0.0953. The van der Waals surface area contributed by atoms with Crippen LogP contribution in [0.25, 0.3) is 0 Å². The van der Waals surface area contributed by atoms with E-state index < -0.39 is 0 Å². The molecule has 0 saturated heterocycles. The molecule has 0 atom stereocenters. The lowest BCUT2D eigenvalue weighted by Gasteiger charge is -2.16. The van der Waals surface area contributed by atoms with E-state index in [1.54, 1.807) is 11.8 Å². The van der Waals surface area contributed by atoms with Crippen molar-refractivity contribution in [1.29, 1.82) is 0 Å². The number of aromatic nitrogens is 3. The van der Waals surface area contributed by atoms with E-state index in [0.717, 1.165) is 23.0 Å². The molecule has 1 amide bonds. The van der Waals surface area contributed by atoms with Crippen molar-refractivity contribution in [2.24, 2.45) is 0 Å². The molecule has 3 N–H and O–H groups in total. The second-order valence-corrected chi connectivity index (χ2v) is 7.64. The van der Waals surface area contributed by atoms with Crippen molar-refractivity contribution >= 4 is 42.5 Å². The molecule has 2 aromatic rings. The van der Waals surface area contributed by atoms with E-state index in [1.807, 2.05) is 24.3 Å². The Morgan fingerprint density at radius 2 is 1.79 bits per heavy atom. The first-order valence-electron chi connectivity index (χ1n) is 9.40. The molecule has 0 spiro atoms. The van der Waals surface area contributed by atoms with Gasteiger partial charge in [0.1, 0.15) is 6.33 Å². The van der Waals surface area contributed by atoms with E-state index in [-0.39, 0.29) is 30.7 Å². The van der Waals surface area contributed by atoms with Gasteiger partial charge in [0.05, 0.1) is 0 Å². The van der Waals surface area contributed by atoms with E-state index in [4.69, 9.17) is 0 Å². The number of thioether (sulfide) groups is 1. The SMILES string of the molecule is Cl.Cl.O=C(NCCNC1CCCCCC1)c1ccc(CSc2ncn[nH]2)cc1. The topological polar surface area (TPSA) is 82.7 Å². The van der Waals surface area contributed by atoms with Gasteiger partial charge in [-0.3, -0.25) is 9.89 Å². The average molecular weight is 446 g/mol. The summed E-state index contributed by atoms with van der Waals surface area (Å²) in [5.41, 5.74) is 1.85. The second-order valence-electron chi connectivity index (χ2n) is 6.67. The molecule has 0 radical (unpaired) electrons. The van der Waals surface area contributed by atoms with Crippen LogP contribution in [0.5, 0.6) is 0 Å². The molecule has 1 aromatic carbocycles. The van der Waals surface area contributed by atoms with Gasteiger partial charge in [-0.05, 0) is 30.5 Å². The van der Waals surface area contributed by atoms with Crippen molar-refractivity contribution in [2.75, 3.05) is 13.1 Å². The van der Waals surface area contributed by atoms with Gasteiger partial charge in [-0.25, -0.2) is 4.98 Å². The Morgan fingerprint density at radius 3 is 2.43 bits per heavy atom. The number of aromatic amines is 1. The molecule has 1 aliphatic carbocycles. The Kier molecular flexibility index (Phi) is 12.2. The minimum absolute atomic E-state index is 0. The predicted molar refractivity (Wildman–Crippen MR) is 119 cm³/mol. The van der Waals surface area contributed by atoms with Crippen molar-refractivity contribution in [1.82, 2.24) is 25.8 Å². The predicted octanol–water partition coefficient (Wildman–Crippen LogP) is 3.98. The summed E-state index contributed by atoms with van der Waals surface area (Å²) < 4.78 is 0. The number of nitrogens with zero attached hydrogens (tertiary/aromatic N) is 2. The second kappa shape index (κ2) is 13.8. The molecule has 156 valence electrons. The number of H-pyrrole nitrogens is 1. The minimum atomic E-state index is -0.0119. The maximum Gasteiger partial charge on any atom is 0.251 e. The highest BCUT2D eigenvalue weighted by Gasteiger charge is 2.11. The zero-order valence-corrected chi connectivity index (χ0v) is 18.3. The van der Waals surface area contributed by atoms with Crippen LogP contribution < -0.4 is 10.6 Å². The first-order chi connectivity index (χ1) is 12.8. The third-order valence-corrected chi connectivity index (χ3v) is 5.63. The number of amides is 1. The summed E-state index contributed by atoms with van der Waals surface area (Å²) in [5, 5.41) is 14.0. The molecule has 1 fully saturated rings. The van der Waals surface area contributed by atoms with Crippen LogP contribution in [0.1, 0.15) is 54.4 Å². The van der Waals surface area contributed by atoms with Crippen LogP contribution in [0.3, 0.4) is 0 Å². The van der Waals surface area contributed by atoms with Crippen LogP contribution >= 0.6 is 36.6 Å². The number of carbonyl (C=O) groups is 1. The molecular weight excluding hydrogens is 417 g/mol. The summed E-state index contributed by atoms with van der Waals surface area (Å²) in [5.74, 6) is 0.782. The first-order valence-corrected chi connectivity index (χ1v) is 10.4. The zero-order chi connectivity index (χ0) is 18.0. The highest BCUT2D eigenvalue weighted by Crippen LogP contribution is 2.18. The fraction of sp³-hybridized carbons (Fsp3) is 0.526. The number of benzene rings is 1. The van der Waals surface area contributed by atoms with Crippen molar-refractivity contribution in [3.8, 4) is 0 Å². The summed E-state index contributed by atoms with van der Waals surface area (Å²) in [6.07, 6.45) is 9.41. The highest BCUT2D eigenvalue weighted by molar-refractivity contribution is 7.98. The largest absolute Gasteiger partial charge is 0.351 e. The Hall–Kier alpha value is -1.28. The lowest BCUT2D eigenvalue weighted by atomic mass is 10.1. The molecule has 3 rings (SSSR count). The molecule has 1 aliphatic rings. The lowest BCUT2D eigenvalue weighted by Crippen LogP contribution is -2.36. The number of rotatable bonds is 8. The summed E-state index contributed by atoms with van der Waals surface area (Å²) in [4.78, 5) is 16.3. The molecule has 28 heavy (non-hydrogen) atoms. The minimum Gasteiger partial charge on any atom is -0.351 e. The molecule has 1 saturated carbocycles. The molecule has 0 bridgehead atoms. The third-order valence-electron chi connectivity index (χ3n) is 4.68. The van der Waals surface area contributed by atoms with Crippen molar-refractivity contribution in [3.05, 3.63) is 41.7 Å². The van der Waals surface area contributed by atoms with E-state index in [2.05, 4.69) is 25.8 Å². The van der Waals surface area contributed by atoms with Gasteiger partial charge in [0.15, 0.2) is 5.16 Å². The van der Waals surface area contributed by atoms with E-state index >= 15 is 0 Å². The average Bonchev–Trinajstić information content (AvgIpc) is 3.06. The first kappa shape index (κ1) is 24.8. The van der Waals surface area contributed by atoms with Crippen molar-refractivity contribution < 1.29 is 4.79 Å². The monoisotopic (exact) mass is 445 g/mol. The van der Waals surface area contributed by atoms with Crippen LogP contribution in [0, 0.1) is 0 Å². The fourth-order valence-corrected chi connectivity index (χ4v) is 3.94. The van der Waals surface area contributed by atoms with Gasteiger partial charge >= 0.3 is 0 Å². The van der Waals surface area contributed by atoms with Gasteiger partial charge in [0.25, 0.3) is 5.91 Å². The Bertz CT molecular complexity index is 661. The quantitative estimate of drug-likeness (QED) is 0.325. The van der Waals surface area contributed by atoms with Gasteiger partial charge in [-0.1, -0.05) is 49.6 Å². The maximum absolute atomic E-state index is 12.2. The van der Waals surface area contributed by atoms with Crippen LogP contribution in [-0.2, 0) is 5.75 Å². The number of halogens is 2. The van der Waals surface area contributed by atoms with Gasteiger partial charge in [-0.2, -0.15) is 5.10 Å². The van der Waals surface area contributed by atoms with Crippen molar-refractivity contribution in [2.45, 2.75) is 55.5 Å². The standard InChI is InChI=1S/C19H27N5OS.2ClH/c25-18(21-12-11-20-17-5-3-1-2-4-6-17)16-9-7-15(8-10-16)13-26-19-22-14-23-24-19;;/h7-10,14,17,20H,1-6,11-13H2,(H,21,25)(H,22,23,24);2*1H. The van der Waals surface area contributed by atoms with Gasteiger partial charge in [0, 0.05) is 30.4 Å². The molecular formula is C19H29Cl2N5OS. The molecule has 1 heterocycles. The van der Waals surface area contributed by atoms with Crippen LogP contribution in [0.2, 0.25) is 0 Å². The van der Waals surface area contributed by atoms with E-state index in [1.165, 1.54) is 44.9 Å². The van der Waals surface area contributed by atoms with Gasteiger partial charge in [0.2, 0.25) is 0 Å². The molecule has 9 heteroatoms. The zero-order valence-electron chi connectivity index (χ0n) is 15.9. The molecule has 1 aromatic heterocycles. The van der Waals surface area contributed by atoms with Crippen LogP contribution in [0.4, 0.5) is 0 Å². The summed E-state index contributed by atoms with van der Waals surface area (Å²) in [7, 11) is 0.